The molecule has 2 atom stereocenters. The number of imide groups is 1. The second-order valence-electron chi connectivity index (χ2n) is 5.68. The maximum atomic E-state index is 11.7. The van der Waals surface area contributed by atoms with Gasteiger partial charge in [-0.25, -0.2) is 4.90 Å². The van der Waals surface area contributed by atoms with Gasteiger partial charge in [0.05, 0.1) is 31.1 Å². The molecule has 1 aromatic carbocycles. The van der Waals surface area contributed by atoms with E-state index >= 15 is 0 Å². The zero-order valence-corrected chi connectivity index (χ0v) is 12.0. The molecule has 22 heavy (non-hydrogen) atoms. The number of nitrogens with zero attached hydrogens (tertiary/aromatic N) is 2. The molecule has 0 N–H and O–H groups in total. The van der Waals surface area contributed by atoms with E-state index in [1.807, 2.05) is 12.1 Å². The van der Waals surface area contributed by atoms with Gasteiger partial charge in [0.25, 0.3) is 11.8 Å². The monoisotopic (exact) mass is 300 g/mol. The van der Waals surface area contributed by atoms with Gasteiger partial charge in [0, 0.05) is 30.9 Å². The van der Waals surface area contributed by atoms with Gasteiger partial charge in [-0.2, -0.15) is 0 Å². The molecule has 2 saturated heterocycles. The van der Waals surface area contributed by atoms with Crippen LogP contribution in [-0.2, 0) is 19.1 Å². The molecular weight excluding hydrogens is 284 g/mol. The SMILES string of the molecule is O=C1C=CC(=O)N1c1ccc(N(CC2CO2)CC2CO2)cc1. The van der Waals surface area contributed by atoms with Crippen LogP contribution >= 0.6 is 0 Å². The largest absolute Gasteiger partial charge is 0.371 e. The van der Waals surface area contributed by atoms with Crippen molar-refractivity contribution in [1.82, 2.24) is 0 Å². The molecule has 6 heteroatoms. The Balaban J connectivity index is 1.51. The number of hydrogen-bond donors (Lipinski definition) is 0. The lowest BCUT2D eigenvalue weighted by molar-refractivity contribution is -0.119. The highest BCUT2D eigenvalue weighted by atomic mass is 16.6. The van der Waals surface area contributed by atoms with Crippen LogP contribution in [0.25, 0.3) is 0 Å². The minimum Gasteiger partial charge on any atom is -0.371 e. The van der Waals surface area contributed by atoms with Crippen molar-refractivity contribution in [3.05, 3.63) is 36.4 Å². The van der Waals surface area contributed by atoms with Gasteiger partial charge >= 0.3 is 0 Å². The number of anilines is 2. The molecular formula is C16H16N2O4. The van der Waals surface area contributed by atoms with Gasteiger partial charge in [0.1, 0.15) is 0 Å². The Labute approximate surface area is 127 Å². The Hall–Kier alpha value is -2.18. The predicted octanol–water partition coefficient (Wildman–Crippen LogP) is 0.720. The fourth-order valence-electron chi connectivity index (χ4n) is 2.59. The summed E-state index contributed by atoms with van der Waals surface area (Å²) < 4.78 is 10.6. The Morgan fingerprint density at radius 2 is 1.45 bits per heavy atom. The quantitative estimate of drug-likeness (QED) is 0.572. The van der Waals surface area contributed by atoms with Crippen molar-refractivity contribution in [1.29, 1.82) is 0 Å². The smallest absolute Gasteiger partial charge is 0.258 e. The molecule has 4 rings (SSSR count). The second kappa shape index (κ2) is 5.23. The number of hydrogen-bond acceptors (Lipinski definition) is 5. The highest BCUT2D eigenvalue weighted by Crippen LogP contribution is 2.26. The predicted molar refractivity (Wildman–Crippen MR) is 79.8 cm³/mol. The van der Waals surface area contributed by atoms with Crippen molar-refractivity contribution in [3.8, 4) is 0 Å². The van der Waals surface area contributed by atoms with Crippen molar-refractivity contribution in [3.63, 3.8) is 0 Å². The van der Waals surface area contributed by atoms with E-state index in [1.165, 1.54) is 17.1 Å². The number of rotatable bonds is 6. The average molecular weight is 300 g/mol. The fraction of sp³-hybridized carbons (Fsp3) is 0.375. The molecule has 0 aliphatic carbocycles. The highest BCUT2D eigenvalue weighted by molar-refractivity contribution is 6.28. The zero-order valence-electron chi connectivity index (χ0n) is 12.0. The molecule has 3 heterocycles. The van der Waals surface area contributed by atoms with E-state index < -0.39 is 0 Å². The Morgan fingerprint density at radius 3 is 1.91 bits per heavy atom. The molecule has 0 radical (unpaired) electrons. The number of ether oxygens (including phenoxy) is 2. The van der Waals surface area contributed by atoms with E-state index in [9.17, 15) is 9.59 Å². The number of amides is 2. The normalized spacial score (nSPS) is 25.7. The third kappa shape index (κ3) is 2.75. The summed E-state index contributed by atoms with van der Waals surface area (Å²) in [5.74, 6) is -0.597. The van der Waals surface area contributed by atoms with Crippen molar-refractivity contribution < 1.29 is 19.1 Å². The molecule has 3 aliphatic heterocycles. The van der Waals surface area contributed by atoms with Gasteiger partial charge in [-0.05, 0) is 24.3 Å². The minimum atomic E-state index is -0.299. The van der Waals surface area contributed by atoms with Crippen LogP contribution < -0.4 is 9.80 Å². The first-order valence-corrected chi connectivity index (χ1v) is 7.35. The third-order valence-corrected chi connectivity index (χ3v) is 3.94. The van der Waals surface area contributed by atoms with Gasteiger partial charge in [-0.15, -0.1) is 0 Å². The molecule has 0 saturated carbocycles. The van der Waals surface area contributed by atoms with E-state index in [0.717, 1.165) is 32.0 Å². The molecule has 2 fully saturated rings. The summed E-state index contributed by atoms with van der Waals surface area (Å²) in [5.41, 5.74) is 1.64. The van der Waals surface area contributed by atoms with Crippen LogP contribution in [0, 0.1) is 0 Å². The summed E-state index contributed by atoms with van der Waals surface area (Å²) in [7, 11) is 0. The maximum absolute atomic E-state index is 11.7. The highest BCUT2D eigenvalue weighted by Gasteiger charge is 2.31. The summed E-state index contributed by atoms with van der Waals surface area (Å²) in [4.78, 5) is 26.8. The molecule has 0 aromatic heterocycles. The first-order valence-electron chi connectivity index (χ1n) is 7.35. The van der Waals surface area contributed by atoms with Gasteiger partial charge in [-0.3, -0.25) is 9.59 Å². The summed E-state index contributed by atoms with van der Waals surface area (Å²) in [6.07, 6.45) is 3.17. The van der Waals surface area contributed by atoms with Gasteiger partial charge in [-0.1, -0.05) is 0 Å². The van der Waals surface area contributed by atoms with Gasteiger partial charge in [0.15, 0.2) is 0 Å². The molecule has 2 unspecified atom stereocenters. The summed E-state index contributed by atoms with van der Waals surface area (Å²) >= 11 is 0. The van der Waals surface area contributed by atoms with Crippen LogP contribution in [0.4, 0.5) is 11.4 Å². The summed E-state index contributed by atoms with van der Waals surface area (Å²) in [5, 5.41) is 0. The molecule has 3 aliphatic rings. The lowest BCUT2D eigenvalue weighted by Gasteiger charge is -2.24. The first kappa shape index (κ1) is 13.5. The standard InChI is InChI=1S/C16H16N2O4/c19-15-5-6-16(20)18(15)12-3-1-11(2-4-12)17(7-13-9-21-13)8-14-10-22-14/h1-6,13-14H,7-10H2. The van der Waals surface area contributed by atoms with Crippen LogP contribution in [0.5, 0.6) is 0 Å². The molecule has 2 amide bonds. The number of carbonyl (C=O) groups is 2. The fourth-order valence-corrected chi connectivity index (χ4v) is 2.59. The number of carbonyl (C=O) groups excluding carboxylic acids is 2. The summed E-state index contributed by atoms with van der Waals surface area (Å²) in [6.45, 7) is 3.29. The Kier molecular flexibility index (Phi) is 3.20. The van der Waals surface area contributed by atoms with E-state index in [2.05, 4.69) is 4.90 Å². The maximum Gasteiger partial charge on any atom is 0.258 e. The van der Waals surface area contributed by atoms with Crippen molar-refractivity contribution >= 4 is 23.2 Å². The first-order chi connectivity index (χ1) is 10.7. The number of epoxide rings is 2. The van der Waals surface area contributed by atoms with Crippen molar-refractivity contribution in [2.45, 2.75) is 12.2 Å². The van der Waals surface area contributed by atoms with Crippen LogP contribution in [0.2, 0.25) is 0 Å². The van der Waals surface area contributed by atoms with E-state index in [4.69, 9.17) is 9.47 Å². The van der Waals surface area contributed by atoms with E-state index in [1.54, 1.807) is 12.1 Å². The van der Waals surface area contributed by atoms with Crippen LogP contribution in [-0.4, -0.2) is 50.3 Å². The topological polar surface area (TPSA) is 65.7 Å². The average Bonchev–Trinajstić information content (AvgIpc) is 3.42. The molecule has 1 aromatic rings. The van der Waals surface area contributed by atoms with Crippen LogP contribution in [0.1, 0.15) is 0 Å². The molecule has 0 spiro atoms. The third-order valence-electron chi connectivity index (χ3n) is 3.94. The zero-order chi connectivity index (χ0) is 15.1. The van der Waals surface area contributed by atoms with Crippen molar-refractivity contribution in [2.24, 2.45) is 0 Å². The Morgan fingerprint density at radius 1 is 0.955 bits per heavy atom. The van der Waals surface area contributed by atoms with Crippen molar-refractivity contribution in [2.75, 3.05) is 36.1 Å². The van der Waals surface area contributed by atoms with E-state index in [0.29, 0.717) is 17.9 Å². The minimum absolute atomic E-state index is 0.296. The molecule has 6 nitrogen and oxygen atoms in total. The second-order valence-corrected chi connectivity index (χ2v) is 5.68. The lowest BCUT2D eigenvalue weighted by atomic mass is 10.2. The summed E-state index contributed by atoms with van der Waals surface area (Å²) in [6, 6.07) is 7.46. The molecule has 0 bridgehead atoms. The number of benzene rings is 1. The van der Waals surface area contributed by atoms with Gasteiger partial charge in [0.2, 0.25) is 0 Å². The van der Waals surface area contributed by atoms with Gasteiger partial charge < -0.3 is 14.4 Å². The lowest BCUT2D eigenvalue weighted by Crippen LogP contribution is -2.32. The van der Waals surface area contributed by atoms with E-state index in [-0.39, 0.29) is 11.8 Å². The van der Waals surface area contributed by atoms with Crippen LogP contribution in [0.3, 0.4) is 0 Å². The Bertz CT molecular complexity index is 600. The van der Waals surface area contributed by atoms with Crippen LogP contribution in [0.15, 0.2) is 36.4 Å². The molecule has 114 valence electrons.